The highest BCUT2D eigenvalue weighted by atomic mass is 79.9. The van der Waals surface area contributed by atoms with E-state index in [1.54, 1.807) is 12.1 Å². The Bertz CT molecular complexity index is 599. The number of nitrogens with zero attached hydrogens (tertiary/aromatic N) is 4. The first-order chi connectivity index (χ1) is 8.58. The van der Waals surface area contributed by atoms with Gasteiger partial charge in [0.05, 0.1) is 10.7 Å². The second-order valence-corrected chi connectivity index (χ2v) is 4.55. The molecular weight excluding hydrogens is 323 g/mol. The number of phenolic OH excluding ortho intramolecular Hbond substituents is 1. The molecule has 0 unspecified atom stereocenters. The summed E-state index contributed by atoms with van der Waals surface area (Å²) in [5.41, 5.74) is 3.02. The molecule has 18 heavy (non-hydrogen) atoms. The summed E-state index contributed by atoms with van der Waals surface area (Å²) in [6.45, 7) is 0. The van der Waals surface area contributed by atoms with E-state index >= 15 is 0 Å². The van der Waals surface area contributed by atoms with Crippen LogP contribution in [0.1, 0.15) is 5.56 Å². The number of benzene rings is 1. The van der Waals surface area contributed by atoms with Gasteiger partial charge in [0.1, 0.15) is 12.1 Å². The maximum atomic E-state index is 9.75. The van der Waals surface area contributed by atoms with Crippen molar-refractivity contribution in [3.8, 4) is 5.75 Å². The van der Waals surface area contributed by atoms with Crippen molar-refractivity contribution in [2.45, 2.75) is 0 Å². The van der Waals surface area contributed by atoms with Gasteiger partial charge in [-0.2, -0.15) is 5.10 Å². The van der Waals surface area contributed by atoms with Gasteiger partial charge in [-0.3, -0.25) is 0 Å². The van der Waals surface area contributed by atoms with Crippen LogP contribution in [0.2, 0.25) is 5.02 Å². The largest absolute Gasteiger partial charge is 0.506 e. The van der Waals surface area contributed by atoms with Crippen LogP contribution in [0, 0.1) is 0 Å². The lowest BCUT2D eigenvalue weighted by molar-refractivity contribution is 0.471. The van der Waals surface area contributed by atoms with Crippen molar-refractivity contribution >= 4 is 39.7 Å². The molecule has 7 nitrogen and oxygen atoms in total. The van der Waals surface area contributed by atoms with Gasteiger partial charge in [0.25, 0.3) is 5.95 Å². The van der Waals surface area contributed by atoms with Gasteiger partial charge in [0.15, 0.2) is 0 Å². The number of hydrogen-bond donors (Lipinski definition) is 3. The summed E-state index contributed by atoms with van der Waals surface area (Å²) in [4.78, 5) is 0. The van der Waals surface area contributed by atoms with E-state index in [2.05, 4.69) is 36.7 Å². The minimum absolute atomic E-state index is 0.0409. The molecule has 0 aliphatic rings. The van der Waals surface area contributed by atoms with E-state index in [0.29, 0.717) is 15.1 Å². The second-order valence-electron chi connectivity index (χ2n) is 3.26. The van der Waals surface area contributed by atoms with E-state index < -0.39 is 0 Å². The third-order valence-corrected chi connectivity index (χ3v) is 2.82. The predicted molar refractivity (Wildman–Crippen MR) is 72.2 cm³/mol. The lowest BCUT2D eigenvalue weighted by atomic mass is 10.2. The van der Waals surface area contributed by atoms with Gasteiger partial charge in [-0.15, -0.1) is 10.2 Å². The van der Waals surface area contributed by atoms with Crippen LogP contribution in [0.3, 0.4) is 0 Å². The molecule has 1 heterocycles. The summed E-state index contributed by atoms with van der Waals surface area (Å²) in [5.74, 6) is 5.79. The minimum Gasteiger partial charge on any atom is -0.506 e. The van der Waals surface area contributed by atoms with Gasteiger partial charge in [-0.1, -0.05) is 11.6 Å². The van der Waals surface area contributed by atoms with Crippen LogP contribution < -0.4 is 11.3 Å². The van der Waals surface area contributed by atoms with Crippen LogP contribution in [-0.2, 0) is 0 Å². The van der Waals surface area contributed by atoms with Crippen molar-refractivity contribution < 1.29 is 5.11 Å². The van der Waals surface area contributed by atoms with Gasteiger partial charge < -0.3 is 10.9 Å². The number of aromatic nitrogens is 3. The summed E-state index contributed by atoms with van der Waals surface area (Å²) < 4.78 is 1.66. The first-order valence-electron chi connectivity index (χ1n) is 4.70. The number of nitrogens with two attached hydrogens (primary N) is 1. The summed E-state index contributed by atoms with van der Waals surface area (Å²) in [7, 11) is 0. The van der Waals surface area contributed by atoms with E-state index in [9.17, 15) is 5.11 Å². The van der Waals surface area contributed by atoms with Crippen molar-refractivity contribution in [2.75, 3.05) is 11.3 Å². The number of nitrogens with one attached hydrogen (secondary N) is 1. The van der Waals surface area contributed by atoms with E-state index in [4.69, 9.17) is 17.4 Å². The average molecular weight is 332 g/mol. The summed E-state index contributed by atoms with van der Waals surface area (Å²) in [6.07, 6.45) is 2.71. The summed E-state index contributed by atoms with van der Waals surface area (Å²) in [5, 5.41) is 21.3. The molecule has 0 amide bonds. The molecule has 1 aromatic carbocycles. The number of aromatic hydroxyl groups is 1. The fourth-order valence-corrected chi connectivity index (χ4v) is 2.00. The number of nitrogen functional groups attached to an aromatic ring is 1. The highest BCUT2D eigenvalue weighted by Crippen LogP contribution is 2.30. The van der Waals surface area contributed by atoms with E-state index in [1.807, 2.05) is 0 Å². The molecule has 1 aromatic heterocycles. The Kier molecular flexibility index (Phi) is 3.68. The van der Waals surface area contributed by atoms with Crippen LogP contribution in [0.25, 0.3) is 0 Å². The third kappa shape index (κ3) is 2.71. The highest BCUT2D eigenvalue weighted by molar-refractivity contribution is 9.10. The van der Waals surface area contributed by atoms with Gasteiger partial charge in [-0.25, -0.2) is 10.1 Å². The molecule has 9 heteroatoms. The van der Waals surface area contributed by atoms with Crippen molar-refractivity contribution in [1.82, 2.24) is 14.9 Å². The molecule has 0 saturated carbocycles. The van der Waals surface area contributed by atoms with Crippen molar-refractivity contribution in [1.29, 1.82) is 0 Å². The number of rotatable bonds is 3. The fraction of sp³-hybridized carbons (Fsp3) is 0. The van der Waals surface area contributed by atoms with Gasteiger partial charge in [0.2, 0.25) is 0 Å². The standard InChI is InChI=1S/C9H8BrClN6O/c10-7-2-6(11)1-5(8(7)18)3-13-15-9-16-14-4-17(9)12/h1-4,18H,12H2,(H,15,16)/b13-3-. The highest BCUT2D eigenvalue weighted by Gasteiger charge is 2.05. The smallest absolute Gasteiger partial charge is 0.263 e. The van der Waals surface area contributed by atoms with E-state index in [0.717, 1.165) is 0 Å². The summed E-state index contributed by atoms with van der Waals surface area (Å²) in [6, 6.07) is 3.15. The lowest BCUT2D eigenvalue weighted by Gasteiger charge is -2.02. The molecule has 0 bridgehead atoms. The van der Waals surface area contributed by atoms with Gasteiger partial charge in [-0.05, 0) is 28.1 Å². The first-order valence-corrected chi connectivity index (χ1v) is 5.87. The Labute approximate surface area is 115 Å². The number of phenols is 1. The third-order valence-electron chi connectivity index (χ3n) is 2.00. The Balaban J connectivity index is 2.17. The molecular formula is C9H8BrClN6O. The number of hydrazone groups is 1. The molecule has 0 fully saturated rings. The number of halogens is 2. The molecule has 94 valence electrons. The normalized spacial score (nSPS) is 11.0. The Morgan fingerprint density at radius 3 is 3.00 bits per heavy atom. The zero-order valence-corrected chi connectivity index (χ0v) is 11.2. The predicted octanol–water partition coefficient (Wildman–Crippen LogP) is 1.56. The molecule has 0 saturated heterocycles. The molecule has 0 radical (unpaired) electrons. The molecule has 0 aliphatic heterocycles. The van der Waals surface area contributed by atoms with Gasteiger partial charge in [0, 0.05) is 10.6 Å². The average Bonchev–Trinajstić information content (AvgIpc) is 2.71. The molecule has 2 rings (SSSR count). The number of anilines is 1. The van der Waals surface area contributed by atoms with Crippen LogP contribution in [0.4, 0.5) is 5.95 Å². The molecule has 2 aromatic rings. The molecule has 0 atom stereocenters. The van der Waals surface area contributed by atoms with Crippen molar-refractivity contribution in [3.63, 3.8) is 0 Å². The SMILES string of the molecule is Nn1cnnc1N/N=C\c1cc(Cl)cc(Br)c1O. The van der Waals surface area contributed by atoms with E-state index in [1.165, 1.54) is 17.2 Å². The topological polar surface area (TPSA) is 101 Å². The summed E-state index contributed by atoms with van der Waals surface area (Å²) >= 11 is 9.03. The minimum atomic E-state index is 0.0409. The zero-order valence-electron chi connectivity index (χ0n) is 8.88. The zero-order chi connectivity index (χ0) is 13.1. The molecule has 4 N–H and O–H groups in total. The second kappa shape index (κ2) is 5.23. The Morgan fingerprint density at radius 1 is 1.56 bits per heavy atom. The van der Waals surface area contributed by atoms with Crippen LogP contribution >= 0.6 is 27.5 Å². The molecule has 0 spiro atoms. The van der Waals surface area contributed by atoms with Crippen LogP contribution in [0.15, 0.2) is 28.0 Å². The fourth-order valence-electron chi connectivity index (χ4n) is 1.17. The van der Waals surface area contributed by atoms with Crippen molar-refractivity contribution in [3.05, 3.63) is 33.5 Å². The molecule has 0 aliphatic carbocycles. The van der Waals surface area contributed by atoms with Gasteiger partial charge >= 0.3 is 0 Å². The Hall–Kier alpha value is -1.80. The maximum Gasteiger partial charge on any atom is 0.263 e. The maximum absolute atomic E-state index is 9.75. The van der Waals surface area contributed by atoms with Crippen LogP contribution in [0.5, 0.6) is 5.75 Å². The lowest BCUT2D eigenvalue weighted by Crippen LogP contribution is -2.10. The monoisotopic (exact) mass is 330 g/mol. The van der Waals surface area contributed by atoms with Crippen LogP contribution in [-0.4, -0.2) is 26.2 Å². The Morgan fingerprint density at radius 2 is 2.33 bits per heavy atom. The van der Waals surface area contributed by atoms with Crippen molar-refractivity contribution in [2.24, 2.45) is 5.10 Å². The quantitative estimate of drug-likeness (QED) is 0.450. The number of hydrogen-bond acceptors (Lipinski definition) is 6. The van der Waals surface area contributed by atoms with E-state index in [-0.39, 0.29) is 11.7 Å². The first kappa shape index (κ1) is 12.7.